The van der Waals surface area contributed by atoms with Crippen LogP contribution in [0.3, 0.4) is 0 Å². The van der Waals surface area contributed by atoms with Crippen molar-refractivity contribution in [2.45, 2.75) is 38.8 Å². The van der Waals surface area contributed by atoms with Crippen molar-refractivity contribution in [1.29, 1.82) is 0 Å². The molecule has 23 heavy (non-hydrogen) atoms. The molecule has 130 valence electrons. The Hall–Kier alpha value is -0.950. The van der Waals surface area contributed by atoms with Crippen molar-refractivity contribution >= 4 is 17.2 Å². The minimum atomic E-state index is -0.295. The van der Waals surface area contributed by atoms with E-state index in [9.17, 15) is 9.90 Å². The summed E-state index contributed by atoms with van der Waals surface area (Å²) in [5.41, 5.74) is 1.29. The topological polar surface area (TPSA) is 55.8 Å². The molecule has 0 saturated carbocycles. The average Bonchev–Trinajstić information content (AvgIpc) is 3.01. The van der Waals surface area contributed by atoms with Gasteiger partial charge in [-0.2, -0.15) is 11.3 Å². The molecular weight excluding hydrogens is 310 g/mol. The van der Waals surface area contributed by atoms with Crippen molar-refractivity contribution in [3.8, 4) is 0 Å². The summed E-state index contributed by atoms with van der Waals surface area (Å²) in [6.07, 6.45) is 1.65. The number of piperazine rings is 1. The normalized spacial score (nSPS) is 21.3. The van der Waals surface area contributed by atoms with Crippen LogP contribution < -0.4 is 5.32 Å². The maximum atomic E-state index is 12.1. The SMILES string of the molecule is CC[C@H]1CN(CC(=O)NCCc2ccsc2)CCN1C[C@@H](C)O. The predicted octanol–water partition coefficient (Wildman–Crippen LogP) is 1.18. The van der Waals surface area contributed by atoms with Crippen LogP contribution in [0.1, 0.15) is 25.8 Å². The molecular formula is C17H29N3O2S. The first-order valence-electron chi connectivity index (χ1n) is 8.50. The van der Waals surface area contributed by atoms with E-state index in [1.54, 1.807) is 11.3 Å². The molecule has 2 N–H and O–H groups in total. The summed E-state index contributed by atoms with van der Waals surface area (Å²) in [4.78, 5) is 16.7. The fourth-order valence-corrected chi connectivity index (χ4v) is 3.81. The summed E-state index contributed by atoms with van der Waals surface area (Å²) in [6.45, 7) is 8.62. The summed E-state index contributed by atoms with van der Waals surface area (Å²) in [6, 6.07) is 2.53. The van der Waals surface area contributed by atoms with Crippen molar-refractivity contribution in [2.75, 3.05) is 39.3 Å². The molecule has 1 amide bonds. The average molecular weight is 340 g/mol. The van der Waals surface area contributed by atoms with E-state index in [4.69, 9.17) is 0 Å². The van der Waals surface area contributed by atoms with Gasteiger partial charge in [0.15, 0.2) is 0 Å². The summed E-state index contributed by atoms with van der Waals surface area (Å²) >= 11 is 1.69. The number of aliphatic hydroxyl groups is 1. The first-order chi connectivity index (χ1) is 11.1. The van der Waals surface area contributed by atoms with Gasteiger partial charge in [-0.25, -0.2) is 0 Å². The maximum Gasteiger partial charge on any atom is 0.234 e. The molecule has 0 spiro atoms. The van der Waals surface area contributed by atoms with Crippen LogP contribution in [0, 0.1) is 0 Å². The van der Waals surface area contributed by atoms with Crippen LogP contribution in [0.15, 0.2) is 16.8 Å². The lowest BCUT2D eigenvalue weighted by Crippen LogP contribution is -2.56. The number of hydrogen-bond donors (Lipinski definition) is 2. The Morgan fingerprint density at radius 2 is 2.35 bits per heavy atom. The second-order valence-electron chi connectivity index (χ2n) is 6.37. The van der Waals surface area contributed by atoms with E-state index < -0.39 is 0 Å². The minimum Gasteiger partial charge on any atom is -0.392 e. The van der Waals surface area contributed by atoms with Gasteiger partial charge in [0.25, 0.3) is 0 Å². The molecule has 1 aliphatic rings. The fourth-order valence-electron chi connectivity index (χ4n) is 3.11. The van der Waals surface area contributed by atoms with E-state index >= 15 is 0 Å². The molecule has 0 aliphatic carbocycles. The van der Waals surface area contributed by atoms with Gasteiger partial charge in [0.2, 0.25) is 5.91 Å². The Morgan fingerprint density at radius 1 is 1.52 bits per heavy atom. The molecule has 6 heteroatoms. The van der Waals surface area contributed by atoms with Gasteiger partial charge in [0, 0.05) is 38.8 Å². The molecule has 0 radical (unpaired) electrons. The highest BCUT2D eigenvalue weighted by Crippen LogP contribution is 2.13. The number of carbonyl (C=O) groups is 1. The smallest absolute Gasteiger partial charge is 0.234 e. The number of carbonyl (C=O) groups excluding carboxylic acids is 1. The summed E-state index contributed by atoms with van der Waals surface area (Å²) in [7, 11) is 0. The van der Waals surface area contributed by atoms with Crippen LogP contribution in [-0.2, 0) is 11.2 Å². The number of rotatable bonds is 8. The number of nitrogens with zero attached hydrogens (tertiary/aromatic N) is 2. The first kappa shape index (κ1) is 18.4. The molecule has 2 heterocycles. The quantitative estimate of drug-likeness (QED) is 0.747. The highest BCUT2D eigenvalue weighted by molar-refractivity contribution is 7.07. The van der Waals surface area contributed by atoms with Crippen LogP contribution in [-0.4, -0.2) is 72.2 Å². The standard InChI is InChI=1S/C17H29N3O2S/c1-3-16-11-19(7-8-20(16)10-14(2)21)12-17(22)18-6-4-15-5-9-23-13-15/h5,9,13-14,16,21H,3-4,6-8,10-12H2,1-2H3,(H,18,22)/t14-,16+/m1/s1. The Morgan fingerprint density at radius 3 is 3.00 bits per heavy atom. The van der Waals surface area contributed by atoms with E-state index in [1.807, 2.05) is 6.92 Å². The lowest BCUT2D eigenvalue weighted by atomic mass is 10.1. The van der Waals surface area contributed by atoms with Gasteiger partial charge in [0.1, 0.15) is 0 Å². The largest absolute Gasteiger partial charge is 0.392 e. The lowest BCUT2D eigenvalue weighted by molar-refractivity contribution is -0.123. The highest BCUT2D eigenvalue weighted by Gasteiger charge is 2.27. The summed E-state index contributed by atoms with van der Waals surface area (Å²) in [5, 5.41) is 16.8. The Kier molecular flexibility index (Phi) is 7.49. The fraction of sp³-hybridized carbons (Fsp3) is 0.706. The third kappa shape index (κ3) is 6.22. The minimum absolute atomic E-state index is 0.110. The van der Waals surface area contributed by atoms with Gasteiger partial charge >= 0.3 is 0 Å². The number of aliphatic hydroxyl groups excluding tert-OH is 1. The first-order valence-corrected chi connectivity index (χ1v) is 9.45. The van der Waals surface area contributed by atoms with E-state index in [0.29, 0.717) is 19.1 Å². The number of amides is 1. The highest BCUT2D eigenvalue weighted by atomic mass is 32.1. The van der Waals surface area contributed by atoms with E-state index in [1.165, 1.54) is 5.56 Å². The van der Waals surface area contributed by atoms with Crippen molar-refractivity contribution in [3.63, 3.8) is 0 Å². The lowest BCUT2D eigenvalue weighted by Gasteiger charge is -2.41. The number of nitrogens with one attached hydrogen (secondary N) is 1. The third-order valence-corrected chi connectivity index (χ3v) is 5.07. The van der Waals surface area contributed by atoms with Crippen molar-refractivity contribution < 1.29 is 9.90 Å². The molecule has 5 nitrogen and oxygen atoms in total. The van der Waals surface area contributed by atoms with Crippen LogP contribution in [0.25, 0.3) is 0 Å². The predicted molar refractivity (Wildman–Crippen MR) is 94.8 cm³/mol. The molecule has 0 aromatic carbocycles. The van der Waals surface area contributed by atoms with Gasteiger partial charge in [-0.1, -0.05) is 6.92 Å². The molecule has 1 aromatic heterocycles. The Bertz CT molecular complexity index is 464. The van der Waals surface area contributed by atoms with Crippen LogP contribution in [0.2, 0.25) is 0 Å². The van der Waals surface area contributed by atoms with Gasteiger partial charge in [-0.15, -0.1) is 0 Å². The zero-order chi connectivity index (χ0) is 16.7. The van der Waals surface area contributed by atoms with Crippen molar-refractivity contribution in [1.82, 2.24) is 15.1 Å². The van der Waals surface area contributed by atoms with E-state index in [-0.39, 0.29) is 12.0 Å². The number of hydrogen-bond acceptors (Lipinski definition) is 5. The Balaban J connectivity index is 1.69. The Labute approximate surface area is 143 Å². The molecule has 1 fully saturated rings. The third-order valence-electron chi connectivity index (χ3n) is 4.34. The number of β-amino-alcohol motifs (C(OH)–C–C–N with tert-alkyl or cyclic N) is 1. The molecule has 1 aromatic rings. The van der Waals surface area contributed by atoms with Gasteiger partial charge in [0.05, 0.1) is 12.6 Å². The summed E-state index contributed by atoms with van der Waals surface area (Å²) in [5.74, 6) is 0.110. The van der Waals surface area contributed by atoms with Gasteiger partial charge < -0.3 is 10.4 Å². The van der Waals surface area contributed by atoms with E-state index in [0.717, 1.165) is 39.0 Å². The van der Waals surface area contributed by atoms with E-state index in [2.05, 4.69) is 38.9 Å². The van der Waals surface area contributed by atoms with Crippen LogP contribution in [0.5, 0.6) is 0 Å². The van der Waals surface area contributed by atoms with Crippen LogP contribution in [0.4, 0.5) is 0 Å². The van der Waals surface area contributed by atoms with Gasteiger partial charge in [-0.05, 0) is 42.2 Å². The van der Waals surface area contributed by atoms with Crippen molar-refractivity contribution in [3.05, 3.63) is 22.4 Å². The zero-order valence-corrected chi connectivity index (χ0v) is 15.0. The molecule has 2 rings (SSSR count). The second-order valence-corrected chi connectivity index (χ2v) is 7.15. The second kappa shape index (κ2) is 9.37. The van der Waals surface area contributed by atoms with Gasteiger partial charge in [-0.3, -0.25) is 14.6 Å². The molecule has 0 unspecified atom stereocenters. The molecule has 1 aliphatic heterocycles. The van der Waals surface area contributed by atoms with Crippen molar-refractivity contribution in [2.24, 2.45) is 0 Å². The monoisotopic (exact) mass is 339 g/mol. The molecule has 1 saturated heterocycles. The maximum absolute atomic E-state index is 12.1. The van der Waals surface area contributed by atoms with Crippen LogP contribution >= 0.6 is 11.3 Å². The molecule has 0 bridgehead atoms. The molecule has 2 atom stereocenters. The number of thiophene rings is 1. The zero-order valence-electron chi connectivity index (χ0n) is 14.2. The summed E-state index contributed by atoms with van der Waals surface area (Å²) < 4.78 is 0.